The van der Waals surface area contributed by atoms with Gasteiger partial charge < -0.3 is 0 Å². The molecule has 0 spiro atoms. The first-order valence-electron chi connectivity index (χ1n) is 4.13. The quantitative estimate of drug-likeness (QED) is 0.547. The summed E-state index contributed by atoms with van der Waals surface area (Å²) in [5.41, 5.74) is 0. The lowest BCUT2D eigenvalue weighted by molar-refractivity contribution is 0.575. The Kier molecular flexibility index (Phi) is 7.15. The molecule has 1 atom stereocenters. The molecular formula is C8H17OS+. The van der Waals surface area contributed by atoms with Crippen LogP contribution in [0, 0.1) is 0 Å². The summed E-state index contributed by atoms with van der Waals surface area (Å²) in [5, 5.41) is 0.380. The lowest BCUT2D eigenvalue weighted by Crippen LogP contribution is -2.04. The Morgan fingerprint density at radius 1 is 1.20 bits per heavy atom. The standard InChI is InChI=1S/C8H17OS/c1-3-5-7-8(10-9)6-4-2/h8H,3-7H2,1-2H3/q+1. The van der Waals surface area contributed by atoms with Crippen molar-refractivity contribution >= 4 is 11.7 Å². The normalized spacial score (nSPS) is 13.0. The topological polar surface area (TPSA) is 17.1 Å². The van der Waals surface area contributed by atoms with Crippen molar-refractivity contribution in [2.45, 2.75) is 51.2 Å². The van der Waals surface area contributed by atoms with Gasteiger partial charge in [-0.05, 0) is 6.42 Å². The van der Waals surface area contributed by atoms with Gasteiger partial charge in [0.15, 0.2) is 0 Å². The molecule has 0 aliphatic rings. The van der Waals surface area contributed by atoms with Crippen LogP contribution in [-0.2, 0) is 15.9 Å². The molecule has 0 fully saturated rings. The number of rotatable bonds is 6. The van der Waals surface area contributed by atoms with Gasteiger partial charge in [-0.15, -0.1) is 0 Å². The Labute approximate surface area is 67.7 Å². The second-order valence-electron chi connectivity index (χ2n) is 2.65. The van der Waals surface area contributed by atoms with E-state index in [4.69, 9.17) is 0 Å². The number of unbranched alkanes of at least 4 members (excludes halogenated alkanes) is 1. The van der Waals surface area contributed by atoms with Crippen molar-refractivity contribution in [1.29, 1.82) is 0 Å². The first kappa shape index (κ1) is 10.0. The van der Waals surface area contributed by atoms with Crippen LogP contribution in [0.5, 0.6) is 0 Å². The van der Waals surface area contributed by atoms with Crippen LogP contribution in [0.1, 0.15) is 46.0 Å². The van der Waals surface area contributed by atoms with E-state index in [1.807, 2.05) is 0 Å². The highest BCUT2D eigenvalue weighted by atomic mass is 32.1. The molecule has 0 aromatic carbocycles. The van der Waals surface area contributed by atoms with E-state index in [0.29, 0.717) is 5.25 Å². The van der Waals surface area contributed by atoms with E-state index in [-0.39, 0.29) is 0 Å². The highest BCUT2D eigenvalue weighted by molar-refractivity contribution is 7.66. The molecule has 0 aliphatic carbocycles. The molecule has 0 bridgehead atoms. The lowest BCUT2D eigenvalue weighted by Gasteiger charge is -1.95. The Morgan fingerprint density at radius 3 is 2.30 bits per heavy atom. The maximum atomic E-state index is 10.4. The fourth-order valence-corrected chi connectivity index (χ4v) is 1.59. The zero-order chi connectivity index (χ0) is 7.82. The van der Waals surface area contributed by atoms with E-state index in [1.165, 1.54) is 12.8 Å². The van der Waals surface area contributed by atoms with Crippen molar-refractivity contribution in [3.05, 3.63) is 0 Å². The third-order valence-electron chi connectivity index (χ3n) is 1.63. The van der Waals surface area contributed by atoms with Crippen molar-refractivity contribution in [1.82, 2.24) is 0 Å². The number of hydrogen-bond donors (Lipinski definition) is 0. The first-order chi connectivity index (χ1) is 4.85. The van der Waals surface area contributed by atoms with E-state index >= 15 is 0 Å². The Balaban J connectivity index is 3.29. The molecule has 1 nitrogen and oxygen atoms in total. The Hall–Kier alpha value is 0.0200. The van der Waals surface area contributed by atoms with Gasteiger partial charge in [-0.1, -0.05) is 26.7 Å². The van der Waals surface area contributed by atoms with Gasteiger partial charge >= 0.3 is 11.7 Å². The molecule has 10 heavy (non-hydrogen) atoms. The zero-order valence-electron chi connectivity index (χ0n) is 6.93. The zero-order valence-corrected chi connectivity index (χ0v) is 7.75. The van der Waals surface area contributed by atoms with Gasteiger partial charge in [0.05, 0.1) is 0 Å². The molecule has 1 unspecified atom stereocenters. The maximum absolute atomic E-state index is 10.4. The molecular weight excluding hydrogens is 144 g/mol. The summed E-state index contributed by atoms with van der Waals surface area (Å²) in [6, 6.07) is 0. The average molecular weight is 161 g/mol. The summed E-state index contributed by atoms with van der Waals surface area (Å²) in [6.07, 6.45) is 5.76. The number of hydrogen-bond acceptors (Lipinski definition) is 1. The molecule has 0 aliphatic heterocycles. The summed E-state index contributed by atoms with van der Waals surface area (Å²) in [6.45, 7) is 4.30. The van der Waals surface area contributed by atoms with Gasteiger partial charge in [-0.2, -0.15) is 0 Å². The largest absolute Gasteiger partial charge is 0.462 e. The van der Waals surface area contributed by atoms with Crippen LogP contribution in [-0.4, -0.2) is 5.25 Å². The van der Waals surface area contributed by atoms with Crippen molar-refractivity contribution in [2.24, 2.45) is 0 Å². The second kappa shape index (κ2) is 7.13. The second-order valence-corrected chi connectivity index (χ2v) is 3.51. The van der Waals surface area contributed by atoms with Crippen molar-refractivity contribution in [3.8, 4) is 0 Å². The summed E-state index contributed by atoms with van der Waals surface area (Å²) in [5.74, 6) is 0. The summed E-state index contributed by atoms with van der Waals surface area (Å²) in [4.78, 5) is 0. The van der Waals surface area contributed by atoms with Crippen LogP contribution in [0.25, 0.3) is 0 Å². The van der Waals surface area contributed by atoms with Crippen LogP contribution in [0.2, 0.25) is 0 Å². The van der Waals surface area contributed by atoms with Crippen LogP contribution in [0.3, 0.4) is 0 Å². The fraction of sp³-hybridized carbons (Fsp3) is 1.00. The monoisotopic (exact) mass is 161 g/mol. The molecule has 2 heteroatoms. The molecule has 0 rings (SSSR count). The minimum absolute atomic E-state index is 0.380. The summed E-state index contributed by atoms with van der Waals surface area (Å²) < 4.78 is 10.4. The highest BCUT2D eigenvalue weighted by Crippen LogP contribution is 2.07. The van der Waals surface area contributed by atoms with Gasteiger partial charge in [-0.3, -0.25) is 0 Å². The van der Waals surface area contributed by atoms with Gasteiger partial charge in [-0.25, -0.2) is 0 Å². The van der Waals surface area contributed by atoms with E-state index in [1.54, 1.807) is 0 Å². The van der Waals surface area contributed by atoms with Crippen LogP contribution < -0.4 is 0 Å². The van der Waals surface area contributed by atoms with Crippen molar-refractivity contribution in [3.63, 3.8) is 0 Å². The molecule has 0 saturated heterocycles. The van der Waals surface area contributed by atoms with Gasteiger partial charge in [0.2, 0.25) is 5.25 Å². The van der Waals surface area contributed by atoms with E-state index < -0.39 is 0 Å². The van der Waals surface area contributed by atoms with E-state index in [2.05, 4.69) is 13.8 Å². The third kappa shape index (κ3) is 4.86. The van der Waals surface area contributed by atoms with E-state index in [0.717, 1.165) is 30.9 Å². The molecule has 60 valence electrons. The predicted molar refractivity (Wildman–Crippen MR) is 46.3 cm³/mol. The Bertz CT molecular complexity index is 83.3. The summed E-state index contributed by atoms with van der Waals surface area (Å²) in [7, 11) is 0. The molecule has 0 aromatic rings. The molecule has 0 aromatic heterocycles. The molecule has 0 radical (unpaired) electrons. The van der Waals surface area contributed by atoms with E-state index in [9.17, 15) is 4.21 Å². The summed E-state index contributed by atoms with van der Waals surface area (Å²) >= 11 is 0.784. The minimum atomic E-state index is 0.380. The molecule has 0 heterocycles. The first-order valence-corrected chi connectivity index (χ1v) is 4.94. The van der Waals surface area contributed by atoms with Gasteiger partial charge in [0.25, 0.3) is 0 Å². The third-order valence-corrected chi connectivity index (χ3v) is 2.37. The fourth-order valence-electron chi connectivity index (χ4n) is 0.994. The van der Waals surface area contributed by atoms with Crippen LogP contribution >= 0.6 is 0 Å². The SMILES string of the molecule is CCCCC(CCC)[S+]=O. The predicted octanol–water partition coefficient (Wildman–Crippen LogP) is 2.77. The van der Waals surface area contributed by atoms with Crippen molar-refractivity contribution in [2.75, 3.05) is 0 Å². The maximum Gasteiger partial charge on any atom is 0.462 e. The van der Waals surface area contributed by atoms with Crippen LogP contribution in [0.15, 0.2) is 0 Å². The van der Waals surface area contributed by atoms with Gasteiger partial charge in [0, 0.05) is 17.1 Å². The highest BCUT2D eigenvalue weighted by Gasteiger charge is 2.18. The van der Waals surface area contributed by atoms with Crippen LogP contribution in [0.4, 0.5) is 0 Å². The molecule has 0 saturated carbocycles. The lowest BCUT2D eigenvalue weighted by atomic mass is 10.1. The smallest absolute Gasteiger partial charge is 0.0654 e. The van der Waals surface area contributed by atoms with Crippen molar-refractivity contribution < 1.29 is 4.21 Å². The molecule has 0 amide bonds. The van der Waals surface area contributed by atoms with Gasteiger partial charge in [0.1, 0.15) is 0 Å². The average Bonchev–Trinajstić information content (AvgIpc) is 1.98. The minimum Gasteiger partial charge on any atom is -0.0654 e. The Morgan fingerprint density at radius 2 is 1.90 bits per heavy atom. The molecule has 0 N–H and O–H groups in total.